The zero-order chi connectivity index (χ0) is 15.4. The largest absolute Gasteiger partial charge is 0.330 e. The lowest BCUT2D eigenvalue weighted by Gasteiger charge is -2.32. The number of benzene rings is 1. The maximum atomic E-state index is 12.9. The molecule has 1 aliphatic carbocycles. The lowest BCUT2D eigenvalue weighted by atomic mass is 9.85. The molecule has 1 fully saturated rings. The third kappa shape index (κ3) is 3.36. The van der Waals surface area contributed by atoms with E-state index < -0.39 is 0 Å². The van der Waals surface area contributed by atoms with E-state index in [1.165, 1.54) is 30.6 Å². The Balaban J connectivity index is 1.81. The molecule has 22 heavy (non-hydrogen) atoms. The fraction of sp³-hybridized carbons (Fsp3) is 0.412. The smallest absolute Gasteiger partial charge is 0.277 e. The molecule has 1 aliphatic rings. The van der Waals surface area contributed by atoms with Crippen LogP contribution in [0.2, 0.25) is 0 Å². The molecule has 1 aromatic carbocycles. The van der Waals surface area contributed by atoms with Gasteiger partial charge in [0.15, 0.2) is 0 Å². The average Bonchev–Trinajstić information content (AvgIpc) is 2.96. The van der Waals surface area contributed by atoms with Gasteiger partial charge in [-0.1, -0.05) is 24.6 Å². The molecule has 0 radical (unpaired) electrons. The van der Waals surface area contributed by atoms with Gasteiger partial charge in [-0.2, -0.15) is 0 Å². The normalized spacial score (nSPS) is 14.6. The molecular weight excluding hydrogens is 294 g/mol. The molecule has 1 heterocycles. The quantitative estimate of drug-likeness (QED) is 0.891. The lowest BCUT2D eigenvalue weighted by Crippen LogP contribution is -2.37. The summed E-state index contributed by atoms with van der Waals surface area (Å²) in [4.78, 5) is 19.2. The second kappa shape index (κ2) is 7.03. The van der Waals surface area contributed by atoms with Crippen LogP contribution in [0.15, 0.2) is 35.7 Å². The number of nitrogens with two attached hydrogens (primary N) is 1. The molecule has 116 valence electrons. The van der Waals surface area contributed by atoms with Crippen LogP contribution in [0.3, 0.4) is 0 Å². The molecular formula is C17H21N3OS. The molecule has 1 saturated carbocycles. The Labute approximate surface area is 135 Å². The van der Waals surface area contributed by atoms with Crippen molar-refractivity contribution in [1.29, 1.82) is 0 Å². The van der Waals surface area contributed by atoms with Gasteiger partial charge in [-0.25, -0.2) is 4.98 Å². The number of hydrogen-bond donors (Lipinski definition) is 1. The summed E-state index contributed by atoms with van der Waals surface area (Å²) in [5.41, 5.74) is 7.05. The molecule has 0 saturated heterocycles. The van der Waals surface area contributed by atoms with Crippen molar-refractivity contribution in [2.24, 2.45) is 11.7 Å². The van der Waals surface area contributed by atoms with E-state index in [0.717, 1.165) is 23.7 Å². The first-order chi connectivity index (χ1) is 10.8. The predicted octanol–water partition coefficient (Wildman–Crippen LogP) is 3.09. The van der Waals surface area contributed by atoms with Crippen LogP contribution in [-0.4, -0.2) is 24.0 Å². The van der Waals surface area contributed by atoms with E-state index in [1.54, 1.807) is 0 Å². The highest BCUT2D eigenvalue weighted by Crippen LogP contribution is 2.30. The summed E-state index contributed by atoms with van der Waals surface area (Å²) in [5.74, 6) is 0.615. The summed E-state index contributed by atoms with van der Waals surface area (Å²) in [6.45, 7) is 1.35. The third-order valence-electron chi connectivity index (χ3n) is 4.11. The van der Waals surface area contributed by atoms with Crippen molar-refractivity contribution in [1.82, 2.24) is 4.98 Å². The zero-order valence-electron chi connectivity index (χ0n) is 12.6. The van der Waals surface area contributed by atoms with Gasteiger partial charge in [0.2, 0.25) is 0 Å². The molecule has 0 unspecified atom stereocenters. The number of carbonyl (C=O) groups is 1. The molecule has 1 amide bonds. The number of rotatable bonds is 6. The zero-order valence-corrected chi connectivity index (χ0v) is 13.4. The van der Waals surface area contributed by atoms with Crippen molar-refractivity contribution in [2.45, 2.75) is 25.7 Å². The average molecular weight is 315 g/mol. The van der Waals surface area contributed by atoms with Crippen LogP contribution in [0.4, 0.5) is 5.69 Å². The molecule has 2 aromatic rings. The highest BCUT2D eigenvalue weighted by Gasteiger charge is 2.26. The Morgan fingerprint density at radius 1 is 1.32 bits per heavy atom. The minimum Gasteiger partial charge on any atom is -0.330 e. The summed E-state index contributed by atoms with van der Waals surface area (Å²) in [7, 11) is 0. The maximum absolute atomic E-state index is 12.9. The third-order valence-corrected chi connectivity index (χ3v) is 5.02. The van der Waals surface area contributed by atoms with Crippen LogP contribution in [-0.2, 0) is 6.42 Å². The molecule has 3 rings (SSSR count). The Kier molecular flexibility index (Phi) is 4.85. The molecule has 0 aliphatic heterocycles. The van der Waals surface area contributed by atoms with Crippen LogP contribution in [0.25, 0.3) is 0 Å². The summed E-state index contributed by atoms with van der Waals surface area (Å²) in [6, 6.07) is 9.89. The van der Waals surface area contributed by atoms with Gasteiger partial charge in [0.25, 0.3) is 5.91 Å². The van der Waals surface area contributed by atoms with E-state index >= 15 is 0 Å². The Bertz CT molecular complexity index is 622. The summed E-state index contributed by atoms with van der Waals surface area (Å²) >= 11 is 1.52. The topological polar surface area (TPSA) is 59.2 Å². The van der Waals surface area contributed by atoms with Crippen LogP contribution < -0.4 is 10.6 Å². The summed E-state index contributed by atoms with van der Waals surface area (Å²) in [6.07, 6.45) is 4.43. The van der Waals surface area contributed by atoms with Crippen molar-refractivity contribution in [3.63, 3.8) is 0 Å². The minimum atomic E-state index is -0.00220. The number of anilines is 1. The number of nitrogens with zero attached hydrogens (tertiary/aromatic N) is 2. The van der Waals surface area contributed by atoms with Gasteiger partial charge in [-0.15, -0.1) is 11.3 Å². The standard InChI is InChI=1S/C17H21N3OS/c18-10-9-16-19-15(12-22-16)17(21)20(11-13-5-4-6-13)14-7-2-1-3-8-14/h1-3,7-8,12-13H,4-6,9-11,18H2. The summed E-state index contributed by atoms with van der Waals surface area (Å²) in [5, 5.41) is 2.78. The van der Waals surface area contributed by atoms with Crippen molar-refractivity contribution in [3.8, 4) is 0 Å². The first-order valence-electron chi connectivity index (χ1n) is 7.79. The molecule has 1 aromatic heterocycles. The molecule has 5 heteroatoms. The highest BCUT2D eigenvalue weighted by molar-refractivity contribution is 7.09. The van der Waals surface area contributed by atoms with Crippen molar-refractivity contribution in [2.75, 3.05) is 18.0 Å². The fourth-order valence-electron chi connectivity index (χ4n) is 2.63. The van der Waals surface area contributed by atoms with E-state index in [9.17, 15) is 4.79 Å². The van der Waals surface area contributed by atoms with Crippen LogP contribution in [0.5, 0.6) is 0 Å². The van der Waals surface area contributed by atoms with Gasteiger partial charge in [0.05, 0.1) is 5.01 Å². The number of thiazole rings is 1. The van der Waals surface area contributed by atoms with Gasteiger partial charge in [-0.05, 0) is 37.4 Å². The Morgan fingerprint density at radius 3 is 2.73 bits per heavy atom. The first-order valence-corrected chi connectivity index (χ1v) is 8.67. The molecule has 0 bridgehead atoms. The first kappa shape index (κ1) is 15.2. The Morgan fingerprint density at radius 2 is 2.09 bits per heavy atom. The van der Waals surface area contributed by atoms with Crippen LogP contribution in [0.1, 0.15) is 34.8 Å². The maximum Gasteiger partial charge on any atom is 0.277 e. The summed E-state index contributed by atoms with van der Waals surface area (Å²) < 4.78 is 0. The molecule has 2 N–H and O–H groups in total. The van der Waals surface area contributed by atoms with Gasteiger partial charge >= 0.3 is 0 Å². The van der Waals surface area contributed by atoms with E-state index in [0.29, 0.717) is 18.2 Å². The molecule has 0 atom stereocenters. The van der Waals surface area contributed by atoms with Crippen LogP contribution >= 0.6 is 11.3 Å². The Hall–Kier alpha value is -1.72. The van der Waals surface area contributed by atoms with Crippen molar-refractivity contribution >= 4 is 22.9 Å². The number of carbonyl (C=O) groups excluding carboxylic acids is 1. The number of para-hydroxylation sites is 1. The van der Waals surface area contributed by atoms with E-state index in [-0.39, 0.29) is 5.91 Å². The monoisotopic (exact) mass is 315 g/mol. The number of aromatic nitrogens is 1. The fourth-order valence-corrected chi connectivity index (χ4v) is 3.42. The minimum absolute atomic E-state index is 0.00220. The lowest BCUT2D eigenvalue weighted by molar-refractivity contribution is 0.0973. The highest BCUT2D eigenvalue weighted by atomic mass is 32.1. The van der Waals surface area contributed by atoms with Crippen molar-refractivity contribution < 1.29 is 4.79 Å². The second-order valence-corrected chi connectivity index (χ2v) is 6.66. The molecule has 4 nitrogen and oxygen atoms in total. The predicted molar refractivity (Wildman–Crippen MR) is 90.3 cm³/mol. The number of hydrogen-bond acceptors (Lipinski definition) is 4. The van der Waals surface area contributed by atoms with E-state index in [4.69, 9.17) is 5.73 Å². The molecule has 0 spiro atoms. The number of amides is 1. The SMILES string of the molecule is NCCc1nc(C(=O)N(CC2CCC2)c2ccccc2)cs1. The van der Waals surface area contributed by atoms with Gasteiger partial charge in [0.1, 0.15) is 5.69 Å². The van der Waals surface area contributed by atoms with E-state index in [1.807, 2.05) is 40.6 Å². The van der Waals surface area contributed by atoms with Gasteiger partial charge < -0.3 is 10.6 Å². The van der Waals surface area contributed by atoms with Gasteiger partial charge in [0, 0.05) is 24.0 Å². The van der Waals surface area contributed by atoms with Gasteiger partial charge in [-0.3, -0.25) is 4.79 Å². The second-order valence-electron chi connectivity index (χ2n) is 5.71. The van der Waals surface area contributed by atoms with Crippen LogP contribution in [0, 0.1) is 5.92 Å². The van der Waals surface area contributed by atoms with Crippen molar-refractivity contribution in [3.05, 3.63) is 46.4 Å². The van der Waals surface area contributed by atoms with E-state index in [2.05, 4.69) is 4.98 Å².